The van der Waals surface area contributed by atoms with E-state index >= 15 is 0 Å². The number of aryl methyl sites for hydroxylation is 2. The van der Waals surface area contributed by atoms with Gasteiger partial charge in [0.05, 0.1) is 16.9 Å². The molecular formula is C15H22N4S. The normalized spacial score (nSPS) is 20.4. The second-order valence-corrected chi connectivity index (χ2v) is 6.90. The van der Waals surface area contributed by atoms with Gasteiger partial charge < -0.3 is 0 Å². The zero-order valence-corrected chi connectivity index (χ0v) is 13.0. The third-order valence-corrected chi connectivity index (χ3v) is 4.90. The Morgan fingerprint density at radius 2 is 2.35 bits per heavy atom. The Kier molecular flexibility index (Phi) is 4.17. The standard InChI is InChI=1S/C15H22N4S/c1-11-7-16-18-15(11)6-13-4-3-5-19(8-13)9-14-10-20-12(2)17-14/h7,10,13H,3-6,8-9H2,1-2H3,(H,16,18). The smallest absolute Gasteiger partial charge is 0.0897 e. The Labute approximate surface area is 124 Å². The SMILES string of the molecule is Cc1nc(CN2CCCC(Cc3[nH]ncc3C)C2)cs1. The van der Waals surface area contributed by atoms with Crippen LogP contribution in [-0.4, -0.2) is 33.2 Å². The molecular weight excluding hydrogens is 268 g/mol. The van der Waals surface area contributed by atoms with Crippen LogP contribution in [0.5, 0.6) is 0 Å². The molecule has 1 atom stereocenters. The fourth-order valence-corrected chi connectivity index (χ4v) is 3.64. The molecule has 0 aromatic carbocycles. The highest BCUT2D eigenvalue weighted by Crippen LogP contribution is 2.23. The maximum absolute atomic E-state index is 4.58. The molecule has 0 bridgehead atoms. The lowest BCUT2D eigenvalue weighted by Gasteiger charge is -2.32. The molecule has 1 aliphatic rings. The lowest BCUT2D eigenvalue weighted by atomic mass is 9.92. The first-order valence-electron chi connectivity index (χ1n) is 7.33. The molecule has 1 unspecified atom stereocenters. The van der Waals surface area contributed by atoms with Gasteiger partial charge in [-0.15, -0.1) is 11.3 Å². The molecule has 1 fully saturated rings. The van der Waals surface area contributed by atoms with Crippen molar-refractivity contribution in [1.29, 1.82) is 0 Å². The van der Waals surface area contributed by atoms with Gasteiger partial charge in [0.15, 0.2) is 0 Å². The third-order valence-electron chi connectivity index (χ3n) is 4.08. The average molecular weight is 290 g/mol. The number of thiazole rings is 1. The van der Waals surface area contributed by atoms with Crippen molar-refractivity contribution < 1.29 is 0 Å². The molecule has 20 heavy (non-hydrogen) atoms. The number of hydrogen-bond acceptors (Lipinski definition) is 4. The summed E-state index contributed by atoms with van der Waals surface area (Å²) in [5.74, 6) is 0.739. The molecule has 2 aromatic rings. The van der Waals surface area contributed by atoms with Gasteiger partial charge in [0.25, 0.3) is 0 Å². The second kappa shape index (κ2) is 6.06. The van der Waals surface area contributed by atoms with E-state index in [0.29, 0.717) is 0 Å². The predicted molar refractivity (Wildman–Crippen MR) is 81.9 cm³/mol. The molecule has 5 heteroatoms. The Bertz CT molecular complexity index is 560. The quantitative estimate of drug-likeness (QED) is 0.941. The summed E-state index contributed by atoms with van der Waals surface area (Å²) in [6.07, 6.45) is 5.67. The lowest BCUT2D eigenvalue weighted by Crippen LogP contribution is -2.35. The minimum absolute atomic E-state index is 0.739. The van der Waals surface area contributed by atoms with Crippen molar-refractivity contribution in [3.05, 3.63) is 33.5 Å². The first-order chi connectivity index (χ1) is 9.70. The van der Waals surface area contributed by atoms with E-state index in [2.05, 4.69) is 39.3 Å². The van der Waals surface area contributed by atoms with Crippen molar-refractivity contribution in [3.63, 3.8) is 0 Å². The molecule has 1 N–H and O–H groups in total. The van der Waals surface area contributed by atoms with E-state index in [-0.39, 0.29) is 0 Å². The largest absolute Gasteiger partial charge is 0.297 e. The summed E-state index contributed by atoms with van der Waals surface area (Å²) in [6, 6.07) is 0. The third kappa shape index (κ3) is 3.27. The summed E-state index contributed by atoms with van der Waals surface area (Å²) < 4.78 is 0. The zero-order valence-electron chi connectivity index (χ0n) is 12.2. The van der Waals surface area contributed by atoms with E-state index in [1.807, 2.05) is 6.20 Å². The van der Waals surface area contributed by atoms with Gasteiger partial charge in [-0.3, -0.25) is 10.00 Å². The molecule has 0 amide bonds. The fraction of sp³-hybridized carbons (Fsp3) is 0.600. The number of nitrogens with one attached hydrogen (secondary N) is 1. The van der Waals surface area contributed by atoms with E-state index < -0.39 is 0 Å². The highest BCUT2D eigenvalue weighted by Gasteiger charge is 2.21. The van der Waals surface area contributed by atoms with Gasteiger partial charge in [-0.25, -0.2) is 4.98 Å². The number of rotatable bonds is 4. The van der Waals surface area contributed by atoms with Gasteiger partial charge in [0.2, 0.25) is 0 Å². The summed E-state index contributed by atoms with van der Waals surface area (Å²) >= 11 is 1.75. The van der Waals surface area contributed by atoms with Gasteiger partial charge in [0.1, 0.15) is 0 Å². The maximum Gasteiger partial charge on any atom is 0.0897 e. The molecule has 0 aliphatic carbocycles. The van der Waals surface area contributed by atoms with E-state index in [0.717, 1.165) is 18.9 Å². The number of nitrogens with zero attached hydrogens (tertiary/aromatic N) is 3. The molecule has 1 saturated heterocycles. The summed E-state index contributed by atoms with van der Waals surface area (Å²) in [4.78, 5) is 7.13. The number of hydrogen-bond donors (Lipinski definition) is 1. The minimum atomic E-state index is 0.739. The first kappa shape index (κ1) is 13.8. The van der Waals surface area contributed by atoms with Crippen LogP contribution in [-0.2, 0) is 13.0 Å². The van der Waals surface area contributed by atoms with Crippen molar-refractivity contribution in [2.24, 2.45) is 5.92 Å². The molecule has 3 rings (SSSR count). The number of aromatic nitrogens is 3. The van der Waals surface area contributed by atoms with Crippen molar-refractivity contribution in [1.82, 2.24) is 20.1 Å². The maximum atomic E-state index is 4.58. The van der Waals surface area contributed by atoms with Crippen molar-refractivity contribution in [2.75, 3.05) is 13.1 Å². The Balaban J connectivity index is 1.57. The van der Waals surface area contributed by atoms with Gasteiger partial charge in [-0.1, -0.05) is 0 Å². The van der Waals surface area contributed by atoms with Crippen molar-refractivity contribution in [2.45, 2.75) is 39.7 Å². The topological polar surface area (TPSA) is 44.8 Å². The van der Waals surface area contributed by atoms with Gasteiger partial charge >= 0.3 is 0 Å². The van der Waals surface area contributed by atoms with Crippen molar-refractivity contribution in [3.8, 4) is 0 Å². The number of likely N-dealkylation sites (tertiary alicyclic amines) is 1. The number of aromatic amines is 1. The molecule has 108 valence electrons. The van der Waals surface area contributed by atoms with Gasteiger partial charge in [0, 0.05) is 24.2 Å². The number of piperidine rings is 1. The molecule has 1 aliphatic heterocycles. The minimum Gasteiger partial charge on any atom is -0.297 e. The van der Waals surface area contributed by atoms with Crippen LogP contribution in [0.15, 0.2) is 11.6 Å². The Hall–Kier alpha value is -1.20. The number of H-pyrrole nitrogens is 1. The van der Waals surface area contributed by atoms with Crippen LogP contribution in [0.3, 0.4) is 0 Å². The van der Waals surface area contributed by atoms with Gasteiger partial charge in [-0.2, -0.15) is 5.10 Å². The Morgan fingerprint density at radius 3 is 3.05 bits per heavy atom. The van der Waals surface area contributed by atoms with Crippen LogP contribution in [0.1, 0.15) is 34.8 Å². The summed E-state index contributed by atoms with van der Waals surface area (Å²) in [5, 5.41) is 10.6. The van der Waals surface area contributed by atoms with Crippen LogP contribution in [0.2, 0.25) is 0 Å². The molecule has 0 radical (unpaired) electrons. The summed E-state index contributed by atoms with van der Waals surface area (Å²) in [5.41, 5.74) is 3.82. The lowest BCUT2D eigenvalue weighted by molar-refractivity contribution is 0.165. The van der Waals surface area contributed by atoms with Crippen LogP contribution in [0.25, 0.3) is 0 Å². The molecule has 0 spiro atoms. The molecule has 2 aromatic heterocycles. The van der Waals surface area contributed by atoms with Crippen LogP contribution in [0.4, 0.5) is 0 Å². The predicted octanol–water partition coefficient (Wildman–Crippen LogP) is 2.94. The van der Waals surface area contributed by atoms with Gasteiger partial charge in [-0.05, 0) is 51.1 Å². The van der Waals surface area contributed by atoms with Crippen LogP contribution in [0, 0.1) is 19.8 Å². The average Bonchev–Trinajstić information content (AvgIpc) is 3.00. The molecule has 3 heterocycles. The summed E-state index contributed by atoms with van der Waals surface area (Å²) in [7, 11) is 0. The second-order valence-electron chi connectivity index (χ2n) is 5.84. The fourth-order valence-electron chi connectivity index (χ4n) is 3.04. The van der Waals surface area contributed by atoms with Crippen LogP contribution >= 0.6 is 11.3 Å². The zero-order chi connectivity index (χ0) is 13.9. The van der Waals surface area contributed by atoms with E-state index in [1.54, 1.807) is 11.3 Å². The highest BCUT2D eigenvalue weighted by molar-refractivity contribution is 7.09. The Morgan fingerprint density at radius 1 is 1.45 bits per heavy atom. The molecule has 4 nitrogen and oxygen atoms in total. The van der Waals surface area contributed by atoms with E-state index in [4.69, 9.17) is 0 Å². The first-order valence-corrected chi connectivity index (χ1v) is 8.21. The van der Waals surface area contributed by atoms with Crippen LogP contribution < -0.4 is 0 Å². The van der Waals surface area contributed by atoms with Crippen molar-refractivity contribution >= 4 is 11.3 Å². The van der Waals surface area contributed by atoms with E-state index in [1.165, 1.54) is 47.9 Å². The summed E-state index contributed by atoms with van der Waals surface area (Å²) in [6.45, 7) is 7.60. The monoisotopic (exact) mass is 290 g/mol. The van der Waals surface area contributed by atoms with E-state index in [9.17, 15) is 0 Å². The molecule has 0 saturated carbocycles. The highest BCUT2D eigenvalue weighted by atomic mass is 32.1.